The molecule has 2 unspecified atom stereocenters. The molecular weight excluding hydrogens is 290 g/mol. The first-order valence-corrected chi connectivity index (χ1v) is 8.84. The predicted molar refractivity (Wildman–Crippen MR) is 93.6 cm³/mol. The molecule has 23 heavy (non-hydrogen) atoms. The van der Waals surface area contributed by atoms with Crippen LogP contribution in [0.1, 0.15) is 53.9 Å². The molecule has 2 rings (SSSR count). The maximum absolute atomic E-state index is 11.7. The molecule has 0 radical (unpaired) electrons. The summed E-state index contributed by atoms with van der Waals surface area (Å²) in [4.78, 5) is 14.3. The van der Waals surface area contributed by atoms with Gasteiger partial charge in [-0.15, -0.1) is 0 Å². The van der Waals surface area contributed by atoms with Crippen molar-refractivity contribution in [1.29, 1.82) is 0 Å². The topological polar surface area (TPSA) is 53.6 Å². The van der Waals surface area contributed by atoms with Crippen LogP contribution in [0, 0.1) is 0 Å². The molecule has 2 N–H and O–H groups in total. The maximum atomic E-state index is 11.7. The molecule has 2 atom stereocenters. The van der Waals surface area contributed by atoms with Gasteiger partial charge in [-0.2, -0.15) is 0 Å². The number of carbonyl (C=O) groups is 1. The van der Waals surface area contributed by atoms with Crippen molar-refractivity contribution in [3.05, 3.63) is 11.6 Å². The minimum atomic E-state index is -0.431. The third kappa shape index (κ3) is 6.92. The molecule has 1 saturated carbocycles. The van der Waals surface area contributed by atoms with E-state index in [1.54, 1.807) is 0 Å². The lowest BCUT2D eigenvalue weighted by Crippen LogP contribution is -2.45. The Morgan fingerprint density at radius 1 is 1.22 bits per heavy atom. The number of nitrogens with zero attached hydrogens (tertiary/aromatic N) is 1. The Morgan fingerprint density at radius 2 is 1.87 bits per heavy atom. The van der Waals surface area contributed by atoms with Crippen LogP contribution < -0.4 is 10.6 Å². The largest absolute Gasteiger partial charge is 0.444 e. The van der Waals surface area contributed by atoms with Crippen molar-refractivity contribution < 1.29 is 9.53 Å². The summed E-state index contributed by atoms with van der Waals surface area (Å²) in [6, 6.07) is 1.22. The molecule has 1 heterocycles. The zero-order chi connectivity index (χ0) is 17.0. The number of amides is 1. The molecule has 2 fully saturated rings. The lowest BCUT2D eigenvalue weighted by atomic mass is 10.0. The Labute approximate surface area is 140 Å². The first kappa shape index (κ1) is 18.3. The number of piperidine rings is 1. The molecular formula is C18H33N3O2. The van der Waals surface area contributed by atoms with E-state index in [1.807, 2.05) is 20.8 Å². The highest BCUT2D eigenvalue weighted by Crippen LogP contribution is 2.24. The quantitative estimate of drug-likeness (QED) is 0.764. The molecule has 0 spiro atoms. The summed E-state index contributed by atoms with van der Waals surface area (Å²) >= 11 is 0. The summed E-state index contributed by atoms with van der Waals surface area (Å²) in [6.45, 7) is 13.3. The van der Waals surface area contributed by atoms with E-state index in [9.17, 15) is 4.79 Å². The van der Waals surface area contributed by atoms with Crippen LogP contribution in [0.15, 0.2) is 11.6 Å². The van der Waals surface area contributed by atoms with Crippen molar-refractivity contribution in [2.45, 2.75) is 77.6 Å². The average molecular weight is 323 g/mol. The fourth-order valence-electron chi connectivity index (χ4n) is 2.89. The first-order valence-electron chi connectivity index (χ1n) is 8.84. The number of likely N-dealkylation sites (tertiary alicyclic amines) is 1. The molecule has 1 amide bonds. The lowest BCUT2D eigenvalue weighted by Gasteiger charge is -2.32. The Morgan fingerprint density at radius 3 is 2.43 bits per heavy atom. The van der Waals surface area contributed by atoms with Crippen LogP contribution in [0.4, 0.5) is 4.79 Å². The maximum Gasteiger partial charge on any atom is 0.407 e. The van der Waals surface area contributed by atoms with Gasteiger partial charge in [-0.3, -0.25) is 4.90 Å². The average Bonchev–Trinajstić information content (AvgIpc) is 3.13. The fourth-order valence-corrected chi connectivity index (χ4v) is 2.89. The third-order valence-electron chi connectivity index (χ3n) is 4.29. The lowest BCUT2D eigenvalue weighted by molar-refractivity contribution is 0.0521. The molecule has 132 valence electrons. The van der Waals surface area contributed by atoms with E-state index >= 15 is 0 Å². The summed E-state index contributed by atoms with van der Waals surface area (Å²) in [5.41, 5.74) is 0.958. The van der Waals surface area contributed by atoms with Gasteiger partial charge in [-0.25, -0.2) is 4.79 Å². The molecule has 1 aliphatic heterocycles. The monoisotopic (exact) mass is 323 g/mol. The van der Waals surface area contributed by atoms with E-state index in [0.717, 1.165) is 26.1 Å². The highest BCUT2D eigenvalue weighted by Gasteiger charge is 2.40. The molecule has 1 aliphatic carbocycles. The van der Waals surface area contributed by atoms with Crippen LogP contribution in [0.25, 0.3) is 0 Å². The second kappa shape index (κ2) is 7.67. The standard InChI is InChI=1S/C18H33N3O2/c1-13(2)6-9-21-10-7-14(8-11-21)19-15-12-16(15)20-17(22)23-18(3,4)5/h6,14-16,19H,7-12H2,1-5H3,(H,20,22). The zero-order valence-electron chi connectivity index (χ0n) is 15.3. The predicted octanol–water partition coefficient (Wildman–Crippen LogP) is 2.67. The van der Waals surface area contributed by atoms with Gasteiger partial charge in [0.05, 0.1) is 0 Å². The van der Waals surface area contributed by atoms with Crippen molar-refractivity contribution >= 4 is 6.09 Å². The van der Waals surface area contributed by atoms with Crippen molar-refractivity contribution in [3.8, 4) is 0 Å². The van der Waals surface area contributed by atoms with Gasteiger partial charge in [0.15, 0.2) is 0 Å². The van der Waals surface area contributed by atoms with E-state index in [2.05, 4.69) is 35.5 Å². The van der Waals surface area contributed by atoms with Gasteiger partial charge in [0, 0.05) is 24.7 Å². The Hall–Kier alpha value is -1.07. The number of carbonyl (C=O) groups excluding carboxylic acids is 1. The van der Waals surface area contributed by atoms with Crippen molar-refractivity contribution in [2.24, 2.45) is 0 Å². The number of nitrogens with one attached hydrogen (secondary N) is 2. The van der Waals surface area contributed by atoms with Gasteiger partial charge < -0.3 is 15.4 Å². The number of alkyl carbamates (subject to hydrolysis) is 1. The van der Waals surface area contributed by atoms with Crippen LogP contribution in [-0.4, -0.2) is 54.4 Å². The van der Waals surface area contributed by atoms with Crippen LogP contribution in [0.2, 0.25) is 0 Å². The minimum Gasteiger partial charge on any atom is -0.444 e. The molecule has 1 saturated heterocycles. The molecule has 0 aromatic carbocycles. The van der Waals surface area contributed by atoms with Crippen LogP contribution in [0.3, 0.4) is 0 Å². The van der Waals surface area contributed by atoms with Crippen LogP contribution in [-0.2, 0) is 4.74 Å². The summed E-state index contributed by atoms with van der Waals surface area (Å²) in [6.07, 6.45) is 5.38. The smallest absolute Gasteiger partial charge is 0.407 e. The van der Waals surface area contributed by atoms with E-state index < -0.39 is 5.60 Å². The Balaban J connectivity index is 1.61. The van der Waals surface area contributed by atoms with Crippen LogP contribution >= 0.6 is 0 Å². The van der Waals surface area contributed by atoms with E-state index in [-0.39, 0.29) is 12.1 Å². The summed E-state index contributed by atoms with van der Waals surface area (Å²) < 4.78 is 5.30. The van der Waals surface area contributed by atoms with Crippen molar-refractivity contribution in [2.75, 3.05) is 19.6 Å². The van der Waals surface area contributed by atoms with Gasteiger partial charge in [0.1, 0.15) is 5.60 Å². The Kier molecular flexibility index (Phi) is 6.09. The van der Waals surface area contributed by atoms with E-state index in [0.29, 0.717) is 12.1 Å². The van der Waals surface area contributed by atoms with Crippen molar-refractivity contribution in [3.63, 3.8) is 0 Å². The number of hydrogen-bond acceptors (Lipinski definition) is 4. The molecule has 5 heteroatoms. The second-order valence-corrected chi connectivity index (χ2v) is 8.12. The van der Waals surface area contributed by atoms with E-state index in [1.165, 1.54) is 18.4 Å². The SMILES string of the molecule is CC(C)=CCN1CCC(NC2CC2NC(=O)OC(C)(C)C)CC1. The highest BCUT2D eigenvalue weighted by atomic mass is 16.6. The van der Waals surface area contributed by atoms with Gasteiger partial charge in [-0.1, -0.05) is 11.6 Å². The molecule has 2 aliphatic rings. The minimum absolute atomic E-state index is 0.230. The Bertz CT molecular complexity index is 430. The van der Waals surface area contributed by atoms with Gasteiger partial charge in [0.25, 0.3) is 0 Å². The summed E-state index contributed by atoms with van der Waals surface area (Å²) in [5, 5.41) is 6.63. The first-order chi connectivity index (χ1) is 10.7. The zero-order valence-corrected chi connectivity index (χ0v) is 15.3. The number of rotatable bonds is 5. The number of allylic oxidation sites excluding steroid dienone is 1. The summed E-state index contributed by atoms with van der Waals surface area (Å²) in [5.74, 6) is 0. The molecule has 0 bridgehead atoms. The van der Waals surface area contributed by atoms with Gasteiger partial charge >= 0.3 is 6.09 Å². The molecule has 0 aromatic heterocycles. The van der Waals surface area contributed by atoms with Crippen molar-refractivity contribution in [1.82, 2.24) is 15.5 Å². The van der Waals surface area contributed by atoms with Gasteiger partial charge in [0.2, 0.25) is 0 Å². The van der Waals surface area contributed by atoms with Crippen LogP contribution in [0.5, 0.6) is 0 Å². The normalized spacial score (nSPS) is 25.8. The third-order valence-corrected chi connectivity index (χ3v) is 4.29. The van der Waals surface area contributed by atoms with E-state index in [4.69, 9.17) is 4.74 Å². The fraction of sp³-hybridized carbons (Fsp3) is 0.833. The molecule has 0 aromatic rings. The highest BCUT2D eigenvalue weighted by molar-refractivity contribution is 5.68. The second-order valence-electron chi connectivity index (χ2n) is 8.12. The van der Waals surface area contributed by atoms with Gasteiger partial charge in [-0.05, 0) is 67.0 Å². The molecule has 5 nitrogen and oxygen atoms in total. The number of hydrogen-bond donors (Lipinski definition) is 2. The summed E-state index contributed by atoms with van der Waals surface area (Å²) in [7, 11) is 0. The number of ether oxygens (including phenoxy) is 1.